The van der Waals surface area contributed by atoms with Gasteiger partial charge in [0.15, 0.2) is 0 Å². The van der Waals surface area contributed by atoms with Crippen LogP contribution in [0.3, 0.4) is 0 Å². The van der Waals surface area contributed by atoms with Gasteiger partial charge in [0.2, 0.25) is 5.91 Å². The zero-order valence-electron chi connectivity index (χ0n) is 45.1. The second kappa shape index (κ2) is 56.9. The van der Waals surface area contributed by atoms with Crippen LogP contribution in [0.2, 0.25) is 0 Å². The number of carbonyl (C=O) groups is 2. The molecule has 6 nitrogen and oxygen atoms in total. The molecule has 0 aromatic heterocycles. The van der Waals surface area contributed by atoms with Crippen LogP contribution >= 0.6 is 0 Å². The van der Waals surface area contributed by atoms with Crippen LogP contribution in [0.25, 0.3) is 0 Å². The van der Waals surface area contributed by atoms with Crippen molar-refractivity contribution in [3.63, 3.8) is 0 Å². The summed E-state index contributed by atoms with van der Waals surface area (Å²) < 4.78 is 5.47. The number of nitrogens with one attached hydrogen (secondary N) is 1. The first-order valence-corrected chi connectivity index (χ1v) is 30.1. The molecule has 2 unspecified atom stereocenters. The number of esters is 1. The van der Waals surface area contributed by atoms with Crippen molar-refractivity contribution in [2.75, 3.05) is 13.2 Å². The van der Waals surface area contributed by atoms with E-state index < -0.39 is 12.1 Å². The van der Waals surface area contributed by atoms with E-state index in [4.69, 9.17) is 4.74 Å². The second-order valence-corrected chi connectivity index (χ2v) is 20.7. The summed E-state index contributed by atoms with van der Waals surface area (Å²) >= 11 is 0. The van der Waals surface area contributed by atoms with Gasteiger partial charge in [0, 0.05) is 12.8 Å². The minimum atomic E-state index is -0.663. The van der Waals surface area contributed by atoms with Crippen LogP contribution in [0, 0.1) is 0 Å². The first-order valence-electron chi connectivity index (χ1n) is 30.1. The van der Waals surface area contributed by atoms with Crippen molar-refractivity contribution in [1.29, 1.82) is 0 Å². The summed E-state index contributed by atoms with van der Waals surface area (Å²) in [5, 5.41) is 23.3. The summed E-state index contributed by atoms with van der Waals surface area (Å²) in [7, 11) is 0. The summed E-state index contributed by atoms with van der Waals surface area (Å²) in [6.45, 7) is 4.90. The molecule has 0 aromatic rings. The lowest BCUT2D eigenvalue weighted by molar-refractivity contribution is -0.143. The molecular weight excluding hydrogens is 827 g/mol. The zero-order valence-corrected chi connectivity index (χ0v) is 45.1. The predicted octanol–water partition coefficient (Wildman–Crippen LogP) is 18.6. The monoisotopic (exact) mass is 944 g/mol. The Morgan fingerprint density at radius 3 is 1.19 bits per heavy atom. The number of hydrogen-bond acceptors (Lipinski definition) is 5. The highest BCUT2D eigenvalue weighted by Crippen LogP contribution is 2.18. The minimum absolute atomic E-state index is 0.000753. The summed E-state index contributed by atoms with van der Waals surface area (Å²) in [6, 6.07) is -0.540. The molecule has 0 fully saturated rings. The van der Waals surface area contributed by atoms with Crippen LogP contribution in [0.4, 0.5) is 0 Å². The molecule has 3 N–H and O–H groups in total. The van der Waals surface area contributed by atoms with Gasteiger partial charge in [-0.25, -0.2) is 0 Å². The van der Waals surface area contributed by atoms with Crippen LogP contribution in [0.1, 0.15) is 328 Å². The van der Waals surface area contributed by atoms with Crippen molar-refractivity contribution < 1.29 is 24.5 Å². The molecular formula is C61H117NO5. The van der Waals surface area contributed by atoms with Gasteiger partial charge in [-0.05, 0) is 51.4 Å². The quantitative estimate of drug-likeness (QED) is 0.0321. The van der Waals surface area contributed by atoms with Crippen molar-refractivity contribution >= 4 is 11.9 Å². The molecule has 396 valence electrons. The molecule has 0 rings (SSSR count). The maximum Gasteiger partial charge on any atom is 0.305 e. The van der Waals surface area contributed by atoms with Crippen LogP contribution in [-0.2, 0) is 14.3 Å². The SMILES string of the molecule is CCC/C=C\C/C=C\CCCCCCCC(=O)OCCCCCCCCCCCCCCCCCCCCCCCCCC(=O)NC(CO)C(O)CCCCCCCCCCCCCCCC. The molecule has 0 radical (unpaired) electrons. The van der Waals surface area contributed by atoms with E-state index in [0.29, 0.717) is 25.9 Å². The summed E-state index contributed by atoms with van der Waals surface area (Å²) in [5.74, 6) is -0.0339. The lowest BCUT2D eigenvalue weighted by Crippen LogP contribution is -2.45. The highest BCUT2D eigenvalue weighted by Gasteiger charge is 2.20. The first-order chi connectivity index (χ1) is 33.0. The van der Waals surface area contributed by atoms with Crippen LogP contribution < -0.4 is 5.32 Å². The molecule has 1 amide bonds. The number of carbonyl (C=O) groups excluding carboxylic acids is 2. The normalized spacial score (nSPS) is 12.7. The number of aliphatic hydroxyl groups is 2. The predicted molar refractivity (Wildman–Crippen MR) is 292 cm³/mol. The van der Waals surface area contributed by atoms with E-state index in [2.05, 4.69) is 43.5 Å². The summed E-state index contributed by atoms with van der Waals surface area (Å²) in [5.41, 5.74) is 0. The molecule has 67 heavy (non-hydrogen) atoms. The van der Waals surface area contributed by atoms with E-state index in [1.165, 1.54) is 244 Å². The van der Waals surface area contributed by atoms with Gasteiger partial charge in [0.05, 0.1) is 25.4 Å². The number of allylic oxidation sites excluding steroid dienone is 4. The Morgan fingerprint density at radius 2 is 0.776 bits per heavy atom. The molecule has 0 heterocycles. The van der Waals surface area contributed by atoms with Gasteiger partial charge in [-0.2, -0.15) is 0 Å². The van der Waals surface area contributed by atoms with Gasteiger partial charge in [-0.1, -0.05) is 289 Å². The molecule has 0 saturated heterocycles. The second-order valence-electron chi connectivity index (χ2n) is 20.7. The fourth-order valence-electron chi connectivity index (χ4n) is 9.39. The average molecular weight is 945 g/mol. The van der Waals surface area contributed by atoms with Crippen molar-refractivity contribution in [2.24, 2.45) is 0 Å². The number of amides is 1. The summed E-state index contributed by atoms with van der Waals surface area (Å²) in [4.78, 5) is 24.5. The first kappa shape index (κ1) is 65.3. The number of hydrogen-bond donors (Lipinski definition) is 3. The average Bonchev–Trinajstić information content (AvgIpc) is 3.33. The van der Waals surface area contributed by atoms with E-state index >= 15 is 0 Å². The largest absolute Gasteiger partial charge is 0.466 e. The third-order valence-corrected chi connectivity index (χ3v) is 14.0. The van der Waals surface area contributed by atoms with Gasteiger partial charge < -0.3 is 20.3 Å². The molecule has 0 spiro atoms. The third kappa shape index (κ3) is 53.5. The van der Waals surface area contributed by atoms with Gasteiger partial charge in [-0.3, -0.25) is 9.59 Å². The fraction of sp³-hybridized carbons (Fsp3) is 0.902. The highest BCUT2D eigenvalue weighted by atomic mass is 16.5. The number of unbranched alkanes of at least 4 members (excludes halogenated alkanes) is 41. The molecule has 0 aromatic carbocycles. The molecule has 6 heteroatoms. The van der Waals surface area contributed by atoms with Crippen molar-refractivity contribution in [2.45, 2.75) is 341 Å². The topological polar surface area (TPSA) is 95.9 Å². The molecule has 0 aliphatic heterocycles. The Morgan fingerprint density at radius 1 is 0.418 bits per heavy atom. The van der Waals surface area contributed by atoms with E-state index in [1.54, 1.807) is 0 Å². The van der Waals surface area contributed by atoms with E-state index in [1.807, 2.05) is 0 Å². The highest BCUT2D eigenvalue weighted by molar-refractivity contribution is 5.76. The lowest BCUT2D eigenvalue weighted by atomic mass is 10.0. The molecule has 0 bridgehead atoms. The third-order valence-electron chi connectivity index (χ3n) is 14.0. The number of rotatable bonds is 56. The number of ether oxygens (including phenoxy) is 1. The van der Waals surface area contributed by atoms with Crippen molar-refractivity contribution in [3.8, 4) is 0 Å². The van der Waals surface area contributed by atoms with E-state index in [9.17, 15) is 19.8 Å². The Balaban J connectivity index is 3.37. The Labute approximate surface area is 418 Å². The molecule has 0 saturated carbocycles. The Kier molecular flexibility index (Phi) is 55.5. The lowest BCUT2D eigenvalue weighted by Gasteiger charge is -2.22. The van der Waals surface area contributed by atoms with Gasteiger partial charge >= 0.3 is 5.97 Å². The van der Waals surface area contributed by atoms with Gasteiger partial charge in [0.25, 0.3) is 0 Å². The van der Waals surface area contributed by atoms with E-state index in [-0.39, 0.29) is 18.5 Å². The fourth-order valence-corrected chi connectivity index (χ4v) is 9.39. The maximum absolute atomic E-state index is 12.5. The molecule has 0 aliphatic carbocycles. The maximum atomic E-state index is 12.5. The standard InChI is InChI=1S/C61H117NO5/c1-3-5-7-9-11-13-15-17-30-33-37-41-45-49-53-59(64)58(57-63)62-60(65)54-50-46-42-38-34-31-27-25-23-21-19-18-20-22-24-26-28-32-36-40-44-48-52-56-67-61(66)55-51-47-43-39-35-29-16-14-12-10-8-6-4-2/h8,10,14,16,58-59,63-64H,3-7,9,11-13,15,17-57H2,1-2H3,(H,62,65)/b10-8-,16-14-. The minimum Gasteiger partial charge on any atom is -0.466 e. The van der Waals surface area contributed by atoms with Gasteiger partial charge in [-0.15, -0.1) is 0 Å². The van der Waals surface area contributed by atoms with Crippen molar-refractivity contribution in [1.82, 2.24) is 5.32 Å². The zero-order chi connectivity index (χ0) is 48.6. The Hall–Kier alpha value is -1.66. The Bertz CT molecular complexity index is 1040. The van der Waals surface area contributed by atoms with Gasteiger partial charge in [0.1, 0.15) is 0 Å². The smallest absolute Gasteiger partial charge is 0.305 e. The number of aliphatic hydroxyl groups excluding tert-OH is 2. The molecule has 2 atom stereocenters. The van der Waals surface area contributed by atoms with Crippen LogP contribution in [0.15, 0.2) is 24.3 Å². The molecule has 0 aliphatic rings. The summed E-state index contributed by atoms with van der Waals surface area (Å²) in [6.07, 6.45) is 69.0. The van der Waals surface area contributed by atoms with Crippen LogP contribution in [-0.4, -0.2) is 47.4 Å². The van der Waals surface area contributed by atoms with E-state index in [0.717, 1.165) is 51.4 Å². The van der Waals surface area contributed by atoms with Crippen molar-refractivity contribution in [3.05, 3.63) is 24.3 Å². The van der Waals surface area contributed by atoms with Crippen LogP contribution in [0.5, 0.6) is 0 Å².